The number of nitrogens with one attached hydrogen (secondary N) is 1. The van der Waals surface area contributed by atoms with E-state index in [2.05, 4.69) is 11.9 Å². The van der Waals surface area contributed by atoms with Crippen LogP contribution < -0.4 is 10.1 Å². The van der Waals surface area contributed by atoms with Crippen LogP contribution in [0.15, 0.2) is 30.9 Å². The van der Waals surface area contributed by atoms with Crippen molar-refractivity contribution in [3.8, 4) is 5.75 Å². The molecule has 0 saturated carbocycles. The SMILES string of the molecule is C=CCNCC1Cc2cc(F)ccc2O1. The lowest BCUT2D eigenvalue weighted by molar-refractivity contribution is 0.229. The molecule has 1 atom stereocenters. The van der Waals surface area contributed by atoms with Crippen molar-refractivity contribution in [3.63, 3.8) is 0 Å². The number of rotatable bonds is 4. The molecule has 1 heterocycles. The molecule has 0 amide bonds. The van der Waals surface area contributed by atoms with Gasteiger partial charge in [-0.05, 0) is 18.2 Å². The first-order chi connectivity index (χ1) is 7.29. The summed E-state index contributed by atoms with van der Waals surface area (Å²) in [5.41, 5.74) is 0.959. The fraction of sp³-hybridized carbons (Fsp3) is 0.333. The standard InChI is InChI=1S/C12H14FNO/c1-2-5-14-8-11-7-9-6-10(13)3-4-12(9)15-11/h2-4,6,11,14H,1,5,7-8H2. The van der Waals surface area contributed by atoms with E-state index in [1.165, 1.54) is 6.07 Å². The van der Waals surface area contributed by atoms with Gasteiger partial charge in [-0.1, -0.05) is 6.08 Å². The molecule has 80 valence electrons. The second kappa shape index (κ2) is 4.45. The minimum Gasteiger partial charge on any atom is -0.488 e. The van der Waals surface area contributed by atoms with Gasteiger partial charge in [-0.3, -0.25) is 0 Å². The summed E-state index contributed by atoms with van der Waals surface area (Å²) in [4.78, 5) is 0. The van der Waals surface area contributed by atoms with E-state index in [0.29, 0.717) is 0 Å². The van der Waals surface area contributed by atoms with Crippen LogP contribution in [0.25, 0.3) is 0 Å². The van der Waals surface area contributed by atoms with Crippen LogP contribution in [0.5, 0.6) is 5.75 Å². The maximum absolute atomic E-state index is 12.9. The molecular formula is C12H14FNO. The van der Waals surface area contributed by atoms with Crippen LogP contribution in [0.3, 0.4) is 0 Å². The average Bonchev–Trinajstić information content (AvgIpc) is 2.60. The first-order valence-corrected chi connectivity index (χ1v) is 5.06. The molecule has 1 aromatic rings. The zero-order chi connectivity index (χ0) is 10.7. The molecule has 3 heteroatoms. The number of halogens is 1. The van der Waals surface area contributed by atoms with Crippen LogP contribution in [-0.4, -0.2) is 19.2 Å². The summed E-state index contributed by atoms with van der Waals surface area (Å²) in [6, 6.07) is 4.67. The van der Waals surface area contributed by atoms with E-state index in [1.54, 1.807) is 12.1 Å². The summed E-state index contributed by atoms with van der Waals surface area (Å²) in [6.07, 6.45) is 2.70. The van der Waals surface area contributed by atoms with Crippen LogP contribution in [0.2, 0.25) is 0 Å². The molecule has 0 radical (unpaired) electrons. The molecule has 0 saturated heterocycles. The van der Waals surface area contributed by atoms with Crippen molar-refractivity contribution in [2.45, 2.75) is 12.5 Å². The lowest BCUT2D eigenvalue weighted by Gasteiger charge is -2.10. The Balaban J connectivity index is 1.94. The largest absolute Gasteiger partial charge is 0.488 e. The third-order valence-corrected chi connectivity index (χ3v) is 2.42. The van der Waals surface area contributed by atoms with E-state index in [1.807, 2.05) is 6.08 Å². The van der Waals surface area contributed by atoms with Gasteiger partial charge in [0.05, 0.1) is 0 Å². The third kappa shape index (κ3) is 2.36. The molecular weight excluding hydrogens is 193 g/mol. The Morgan fingerprint density at radius 1 is 1.60 bits per heavy atom. The van der Waals surface area contributed by atoms with Crippen LogP contribution in [0, 0.1) is 5.82 Å². The van der Waals surface area contributed by atoms with Gasteiger partial charge in [0.2, 0.25) is 0 Å². The van der Waals surface area contributed by atoms with Crippen molar-refractivity contribution in [3.05, 3.63) is 42.2 Å². The lowest BCUT2D eigenvalue weighted by atomic mass is 10.1. The maximum Gasteiger partial charge on any atom is 0.123 e. The molecule has 2 rings (SSSR count). The van der Waals surface area contributed by atoms with Gasteiger partial charge in [0, 0.05) is 25.1 Å². The molecule has 0 bridgehead atoms. The number of benzene rings is 1. The Labute approximate surface area is 88.8 Å². The number of ether oxygens (including phenoxy) is 1. The minimum absolute atomic E-state index is 0.113. The third-order valence-electron chi connectivity index (χ3n) is 2.42. The molecule has 0 spiro atoms. The first kappa shape index (κ1) is 10.2. The summed E-state index contributed by atoms with van der Waals surface area (Å²) in [7, 11) is 0. The highest BCUT2D eigenvalue weighted by molar-refractivity contribution is 5.37. The van der Waals surface area contributed by atoms with E-state index in [4.69, 9.17) is 4.74 Å². The molecule has 1 N–H and O–H groups in total. The van der Waals surface area contributed by atoms with Crippen molar-refractivity contribution in [1.82, 2.24) is 5.32 Å². The second-order valence-electron chi connectivity index (χ2n) is 3.64. The minimum atomic E-state index is -0.197. The summed E-state index contributed by atoms with van der Waals surface area (Å²) < 4.78 is 18.6. The quantitative estimate of drug-likeness (QED) is 0.601. The van der Waals surface area contributed by atoms with Gasteiger partial charge >= 0.3 is 0 Å². The number of hydrogen-bond donors (Lipinski definition) is 1. The fourth-order valence-corrected chi connectivity index (χ4v) is 1.75. The van der Waals surface area contributed by atoms with Gasteiger partial charge in [-0.15, -0.1) is 6.58 Å². The number of fused-ring (bicyclic) bond motifs is 1. The molecule has 1 aromatic carbocycles. The first-order valence-electron chi connectivity index (χ1n) is 5.06. The molecule has 1 aliphatic rings. The predicted molar refractivity (Wildman–Crippen MR) is 57.6 cm³/mol. The van der Waals surface area contributed by atoms with Gasteiger partial charge < -0.3 is 10.1 Å². The monoisotopic (exact) mass is 207 g/mol. The predicted octanol–water partition coefficient (Wildman–Crippen LogP) is 1.90. The Morgan fingerprint density at radius 2 is 2.47 bits per heavy atom. The maximum atomic E-state index is 12.9. The lowest BCUT2D eigenvalue weighted by Crippen LogP contribution is -2.30. The van der Waals surface area contributed by atoms with Crippen molar-refractivity contribution >= 4 is 0 Å². The molecule has 0 aliphatic carbocycles. The molecule has 15 heavy (non-hydrogen) atoms. The van der Waals surface area contributed by atoms with Gasteiger partial charge in [0.25, 0.3) is 0 Å². The Bertz CT molecular complexity index is 365. The average molecular weight is 207 g/mol. The van der Waals surface area contributed by atoms with E-state index in [9.17, 15) is 4.39 Å². The van der Waals surface area contributed by atoms with Crippen LogP contribution in [-0.2, 0) is 6.42 Å². The van der Waals surface area contributed by atoms with E-state index in [0.717, 1.165) is 30.8 Å². The van der Waals surface area contributed by atoms with Crippen molar-refractivity contribution in [2.75, 3.05) is 13.1 Å². The highest BCUT2D eigenvalue weighted by atomic mass is 19.1. The Kier molecular flexibility index (Phi) is 3.02. The van der Waals surface area contributed by atoms with Gasteiger partial charge in [-0.2, -0.15) is 0 Å². The van der Waals surface area contributed by atoms with E-state index in [-0.39, 0.29) is 11.9 Å². The summed E-state index contributed by atoms with van der Waals surface area (Å²) in [6.45, 7) is 5.16. The van der Waals surface area contributed by atoms with Crippen LogP contribution in [0.1, 0.15) is 5.56 Å². The van der Waals surface area contributed by atoms with Gasteiger partial charge in [0.15, 0.2) is 0 Å². The zero-order valence-corrected chi connectivity index (χ0v) is 8.50. The topological polar surface area (TPSA) is 21.3 Å². The van der Waals surface area contributed by atoms with Crippen molar-refractivity contribution in [2.24, 2.45) is 0 Å². The highest BCUT2D eigenvalue weighted by Gasteiger charge is 2.22. The fourth-order valence-electron chi connectivity index (χ4n) is 1.75. The molecule has 2 nitrogen and oxygen atoms in total. The van der Waals surface area contributed by atoms with Crippen LogP contribution >= 0.6 is 0 Å². The smallest absolute Gasteiger partial charge is 0.123 e. The normalized spacial score (nSPS) is 18.3. The number of hydrogen-bond acceptors (Lipinski definition) is 2. The van der Waals surface area contributed by atoms with Gasteiger partial charge in [0.1, 0.15) is 17.7 Å². The Hall–Kier alpha value is -1.35. The molecule has 1 aliphatic heterocycles. The molecule has 1 unspecified atom stereocenters. The summed E-state index contributed by atoms with van der Waals surface area (Å²) >= 11 is 0. The molecule has 0 fully saturated rings. The molecule has 0 aromatic heterocycles. The van der Waals surface area contributed by atoms with E-state index >= 15 is 0 Å². The van der Waals surface area contributed by atoms with E-state index < -0.39 is 0 Å². The van der Waals surface area contributed by atoms with Gasteiger partial charge in [-0.25, -0.2) is 4.39 Å². The summed E-state index contributed by atoms with van der Waals surface area (Å²) in [5, 5.41) is 3.19. The highest BCUT2D eigenvalue weighted by Crippen LogP contribution is 2.28. The summed E-state index contributed by atoms with van der Waals surface area (Å²) in [5.74, 6) is 0.610. The van der Waals surface area contributed by atoms with Crippen molar-refractivity contribution < 1.29 is 9.13 Å². The van der Waals surface area contributed by atoms with Crippen molar-refractivity contribution in [1.29, 1.82) is 0 Å². The zero-order valence-electron chi connectivity index (χ0n) is 8.50. The second-order valence-corrected chi connectivity index (χ2v) is 3.64. The van der Waals surface area contributed by atoms with Crippen LogP contribution in [0.4, 0.5) is 4.39 Å². The Morgan fingerprint density at radius 3 is 3.27 bits per heavy atom.